The molecule has 0 bridgehead atoms. The van der Waals surface area contributed by atoms with E-state index >= 15 is 0 Å². The number of nitrogens with two attached hydrogens (primary N) is 1. The van der Waals surface area contributed by atoms with Crippen LogP contribution in [0.5, 0.6) is 0 Å². The van der Waals surface area contributed by atoms with E-state index < -0.39 is 53.6 Å². The Kier molecular flexibility index (Phi) is 8.92. The molecule has 1 aromatic rings. The standard InChI is InChI=1S/C17H26N2O9S/c1-11(20)19-14-15(21)16(26-9-12-5-3-2-4-6-12)13(10-27-29(22,23)24)28-17(14)25-8-7-18/h2-6,13-17,21H,7-10,18H2,1H3,(H,19,20)(H,22,23,24)/t13-,14-,15-,16-,17+/m1/s1. The number of benzene rings is 1. The molecule has 1 amide bonds. The Morgan fingerprint density at radius 2 is 1.97 bits per heavy atom. The zero-order chi connectivity index (χ0) is 21.4. The third-order valence-electron chi connectivity index (χ3n) is 4.11. The Balaban J connectivity index is 2.20. The molecule has 164 valence electrons. The van der Waals surface area contributed by atoms with E-state index in [1.807, 2.05) is 18.2 Å². The first kappa shape index (κ1) is 23.6. The van der Waals surface area contributed by atoms with Gasteiger partial charge in [-0.1, -0.05) is 30.3 Å². The number of amides is 1. The average molecular weight is 434 g/mol. The highest BCUT2D eigenvalue weighted by atomic mass is 32.3. The SMILES string of the molecule is CC(=O)N[C@H]1[C@@H](OCCN)O[C@H](COS(=O)(=O)O)[C@@H](OCc2ccccc2)[C@@H]1O. The van der Waals surface area contributed by atoms with Crippen LogP contribution in [0.25, 0.3) is 0 Å². The van der Waals surface area contributed by atoms with Gasteiger partial charge < -0.3 is 30.4 Å². The number of aliphatic hydroxyl groups is 1. The summed E-state index contributed by atoms with van der Waals surface area (Å²) in [4.78, 5) is 11.6. The first-order valence-corrected chi connectivity index (χ1v) is 10.3. The van der Waals surface area contributed by atoms with Crippen molar-refractivity contribution in [2.75, 3.05) is 19.8 Å². The molecule has 2 rings (SSSR count). The van der Waals surface area contributed by atoms with Crippen molar-refractivity contribution in [3.05, 3.63) is 35.9 Å². The summed E-state index contributed by atoms with van der Waals surface area (Å²) in [5, 5.41) is 13.4. The third-order valence-corrected chi connectivity index (χ3v) is 4.54. The predicted octanol–water partition coefficient (Wildman–Crippen LogP) is -1.04. The summed E-state index contributed by atoms with van der Waals surface area (Å²) in [6, 6.07) is 8.06. The lowest BCUT2D eigenvalue weighted by molar-refractivity contribution is -0.277. The average Bonchev–Trinajstić information content (AvgIpc) is 2.66. The number of rotatable bonds is 10. The van der Waals surface area contributed by atoms with E-state index in [-0.39, 0.29) is 19.8 Å². The Labute approximate surface area is 169 Å². The summed E-state index contributed by atoms with van der Waals surface area (Å²) in [6.07, 6.45) is -4.67. The smallest absolute Gasteiger partial charge is 0.388 e. The number of hydrogen-bond acceptors (Lipinski definition) is 9. The molecule has 1 aromatic carbocycles. The van der Waals surface area contributed by atoms with Crippen LogP contribution in [0.3, 0.4) is 0 Å². The quantitative estimate of drug-likeness (QED) is 0.334. The molecule has 12 heteroatoms. The first-order chi connectivity index (χ1) is 13.7. The van der Waals surface area contributed by atoms with E-state index in [2.05, 4.69) is 9.50 Å². The minimum Gasteiger partial charge on any atom is -0.388 e. The zero-order valence-corrected chi connectivity index (χ0v) is 16.7. The number of carbonyl (C=O) groups is 1. The van der Waals surface area contributed by atoms with Crippen LogP contribution in [0, 0.1) is 0 Å². The number of ether oxygens (including phenoxy) is 3. The molecule has 1 fully saturated rings. The van der Waals surface area contributed by atoms with Gasteiger partial charge in [0, 0.05) is 13.5 Å². The summed E-state index contributed by atoms with van der Waals surface area (Å²) in [5.74, 6) is -0.437. The monoisotopic (exact) mass is 434 g/mol. The van der Waals surface area contributed by atoms with Crippen LogP contribution in [0.4, 0.5) is 0 Å². The van der Waals surface area contributed by atoms with E-state index in [9.17, 15) is 18.3 Å². The lowest BCUT2D eigenvalue weighted by Gasteiger charge is -2.44. The fraction of sp³-hybridized carbons (Fsp3) is 0.588. The van der Waals surface area contributed by atoms with Crippen LogP contribution in [0.1, 0.15) is 12.5 Å². The molecule has 5 N–H and O–H groups in total. The molecule has 0 unspecified atom stereocenters. The number of nitrogens with one attached hydrogen (secondary N) is 1. The number of hydrogen-bond donors (Lipinski definition) is 4. The second-order valence-electron chi connectivity index (χ2n) is 6.39. The molecule has 0 radical (unpaired) electrons. The lowest BCUT2D eigenvalue weighted by atomic mass is 9.96. The van der Waals surface area contributed by atoms with Gasteiger partial charge in [-0.2, -0.15) is 8.42 Å². The molecule has 1 heterocycles. The van der Waals surface area contributed by atoms with Crippen molar-refractivity contribution < 1.29 is 41.3 Å². The Morgan fingerprint density at radius 1 is 1.28 bits per heavy atom. The molecule has 1 saturated heterocycles. The van der Waals surface area contributed by atoms with Crippen LogP contribution in [0.2, 0.25) is 0 Å². The number of carbonyl (C=O) groups excluding carboxylic acids is 1. The molecule has 1 aliphatic rings. The van der Waals surface area contributed by atoms with E-state index in [1.54, 1.807) is 12.1 Å². The molecule has 29 heavy (non-hydrogen) atoms. The van der Waals surface area contributed by atoms with Gasteiger partial charge >= 0.3 is 10.4 Å². The third kappa shape index (κ3) is 7.60. The van der Waals surface area contributed by atoms with Crippen molar-refractivity contribution in [2.45, 2.75) is 44.2 Å². The topological polar surface area (TPSA) is 167 Å². The highest BCUT2D eigenvalue weighted by Crippen LogP contribution is 2.26. The summed E-state index contributed by atoms with van der Waals surface area (Å²) in [5.41, 5.74) is 6.22. The first-order valence-electron chi connectivity index (χ1n) is 8.91. The Bertz CT molecular complexity index is 747. The van der Waals surface area contributed by atoms with Gasteiger partial charge in [0.2, 0.25) is 5.91 Å². The normalized spacial score (nSPS) is 27.5. The van der Waals surface area contributed by atoms with Crippen LogP contribution < -0.4 is 11.1 Å². The fourth-order valence-electron chi connectivity index (χ4n) is 2.89. The van der Waals surface area contributed by atoms with Crippen LogP contribution in [-0.2, 0) is 40.2 Å². The molecular weight excluding hydrogens is 408 g/mol. The van der Waals surface area contributed by atoms with Crippen molar-refractivity contribution in [1.82, 2.24) is 5.32 Å². The fourth-order valence-corrected chi connectivity index (χ4v) is 3.20. The molecule has 5 atom stereocenters. The summed E-state index contributed by atoms with van der Waals surface area (Å²) < 4.78 is 52.1. The van der Waals surface area contributed by atoms with Crippen LogP contribution in [-0.4, -0.2) is 74.4 Å². The minimum absolute atomic E-state index is 0.0644. The highest BCUT2D eigenvalue weighted by molar-refractivity contribution is 7.80. The zero-order valence-electron chi connectivity index (χ0n) is 15.8. The molecule has 0 aromatic heterocycles. The van der Waals surface area contributed by atoms with Gasteiger partial charge in [-0.25, -0.2) is 4.18 Å². The van der Waals surface area contributed by atoms with E-state index in [0.29, 0.717) is 0 Å². The lowest BCUT2D eigenvalue weighted by Crippen LogP contribution is -2.65. The number of aliphatic hydroxyl groups excluding tert-OH is 1. The molecule has 11 nitrogen and oxygen atoms in total. The van der Waals surface area contributed by atoms with Crippen molar-refractivity contribution in [2.24, 2.45) is 5.73 Å². The summed E-state index contributed by atoms with van der Waals surface area (Å²) >= 11 is 0. The Morgan fingerprint density at radius 3 is 2.55 bits per heavy atom. The van der Waals surface area contributed by atoms with Crippen molar-refractivity contribution >= 4 is 16.3 Å². The van der Waals surface area contributed by atoms with Gasteiger partial charge in [-0.3, -0.25) is 9.35 Å². The maximum atomic E-state index is 11.6. The minimum atomic E-state index is -4.75. The van der Waals surface area contributed by atoms with Gasteiger partial charge in [-0.15, -0.1) is 0 Å². The van der Waals surface area contributed by atoms with Gasteiger partial charge in [0.05, 0.1) is 19.8 Å². The molecule has 0 aliphatic carbocycles. The largest absolute Gasteiger partial charge is 0.397 e. The molecular formula is C17H26N2O9S. The highest BCUT2D eigenvalue weighted by Gasteiger charge is 2.47. The van der Waals surface area contributed by atoms with Gasteiger partial charge in [-0.05, 0) is 5.56 Å². The van der Waals surface area contributed by atoms with Crippen molar-refractivity contribution in [1.29, 1.82) is 0 Å². The van der Waals surface area contributed by atoms with Gasteiger partial charge in [0.25, 0.3) is 0 Å². The summed E-state index contributed by atoms with van der Waals surface area (Å²) in [6.45, 7) is 0.928. The Hall–Kier alpha value is -1.64. The maximum absolute atomic E-state index is 11.6. The van der Waals surface area contributed by atoms with E-state index in [4.69, 9.17) is 24.5 Å². The van der Waals surface area contributed by atoms with Crippen molar-refractivity contribution in [3.8, 4) is 0 Å². The molecule has 0 saturated carbocycles. The van der Waals surface area contributed by atoms with Crippen LogP contribution >= 0.6 is 0 Å². The second-order valence-corrected chi connectivity index (χ2v) is 7.48. The molecule has 1 aliphatic heterocycles. The summed E-state index contributed by atoms with van der Waals surface area (Å²) in [7, 11) is -4.75. The van der Waals surface area contributed by atoms with Gasteiger partial charge in [0.15, 0.2) is 6.29 Å². The molecule has 0 spiro atoms. The van der Waals surface area contributed by atoms with Crippen molar-refractivity contribution in [3.63, 3.8) is 0 Å². The van der Waals surface area contributed by atoms with Gasteiger partial charge in [0.1, 0.15) is 24.4 Å². The predicted molar refractivity (Wildman–Crippen MR) is 99.8 cm³/mol. The van der Waals surface area contributed by atoms with Crippen LogP contribution in [0.15, 0.2) is 30.3 Å². The van der Waals surface area contributed by atoms with E-state index in [0.717, 1.165) is 5.56 Å². The van der Waals surface area contributed by atoms with E-state index in [1.165, 1.54) is 6.92 Å². The maximum Gasteiger partial charge on any atom is 0.397 e. The second kappa shape index (κ2) is 10.9.